The highest BCUT2D eigenvalue weighted by atomic mass is 35.5. The van der Waals surface area contributed by atoms with Gasteiger partial charge in [-0.25, -0.2) is 4.79 Å². The molecular formula is C13H17Cl2N3O2. The van der Waals surface area contributed by atoms with E-state index in [-0.39, 0.29) is 11.8 Å². The molecule has 0 saturated heterocycles. The maximum absolute atomic E-state index is 12.1. The van der Waals surface area contributed by atoms with Crippen LogP contribution in [-0.4, -0.2) is 18.0 Å². The molecule has 0 saturated carbocycles. The van der Waals surface area contributed by atoms with E-state index in [4.69, 9.17) is 28.9 Å². The molecule has 0 fully saturated rings. The largest absolute Gasteiger partial charge is 0.352 e. The Balaban J connectivity index is 2.78. The summed E-state index contributed by atoms with van der Waals surface area (Å²) >= 11 is 11.7. The third-order valence-corrected chi connectivity index (χ3v) is 3.27. The van der Waals surface area contributed by atoms with Crippen molar-refractivity contribution in [3.05, 3.63) is 28.2 Å². The number of hydrogen-bond donors (Lipinski definition) is 3. The number of urea groups is 1. The first-order valence-corrected chi connectivity index (χ1v) is 6.87. The molecule has 3 amide bonds. The van der Waals surface area contributed by atoms with Crippen LogP contribution >= 0.6 is 23.2 Å². The minimum Gasteiger partial charge on any atom is -0.352 e. The summed E-state index contributed by atoms with van der Waals surface area (Å²) < 4.78 is 0. The van der Waals surface area contributed by atoms with Crippen molar-refractivity contribution in [2.75, 3.05) is 5.32 Å². The Morgan fingerprint density at radius 1 is 1.25 bits per heavy atom. The first kappa shape index (κ1) is 16.6. The Bertz CT molecular complexity index is 506. The zero-order valence-corrected chi connectivity index (χ0v) is 12.8. The fourth-order valence-electron chi connectivity index (χ4n) is 1.68. The minimum absolute atomic E-state index is 0.228. The van der Waals surface area contributed by atoms with E-state index in [1.165, 1.54) is 0 Å². The average molecular weight is 318 g/mol. The SMILES string of the molecule is CC(C)C[C@H](NC(N)=O)C(=O)Nc1ccc(Cl)c(Cl)c1. The molecule has 1 atom stereocenters. The van der Waals surface area contributed by atoms with Gasteiger partial charge in [0.05, 0.1) is 10.0 Å². The van der Waals surface area contributed by atoms with Crippen molar-refractivity contribution in [2.45, 2.75) is 26.3 Å². The molecule has 0 aromatic heterocycles. The van der Waals surface area contributed by atoms with Crippen LogP contribution in [0.1, 0.15) is 20.3 Å². The summed E-state index contributed by atoms with van der Waals surface area (Å²) in [6, 6.07) is 3.32. The van der Waals surface area contributed by atoms with Crippen molar-refractivity contribution in [1.29, 1.82) is 0 Å². The van der Waals surface area contributed by atoms with Crippen LogP contribution in [0.5, 0.6) is 0 Å². The Morgan fingerprint density at radius 3 is 2.40 bits per heavy atom. The van der Waals surface area contributed by atoms with E-state index in [0.717, 1.165) is 0 Å². The standard InChI is InChI=1S/C13H17Cl2N3O2/c1-7(2)5-11(18-13(16)20)12(19)17-8-3-4-9(14)10(15)6-8/h3-4,6-7,11H,5H2,1-2H3,(H,17,19)(H3,16,18,20)/t11-/m0/s1. The van der Waals surface area contributed by atoms with Crippen molar-refractivity contribution in [3.8, 4) is 0 Å². The summed E-state index contributed by atoms with van der Waals surface area (Å²) in [5, 5.41) is 5.84. The summed E-state index contributed by atoms with van der Waals surface area (Å²) in [4.78, 5) is 23.1. The summed E-state index contributed by atoms with van der Waals surface area (Å²) in [7, 11) is 0. The third-order valence-electron chi connectivity index (χ3n) is 2.53. The molecule has 0 aliphatic heterocycles. The predicted molar refractivity (Wildman–Crippen MR) is 81.1 cm³/mol. The van der Waals surface area contributed by atoms with E-state index in [2.05, 4.69) is 10.6 Å². The molecule has 1 rings (SSSR count). The lowest BCUT2D eigenvalue weighted by Gasteiger charge is -2.19. The lowest BCUT2D eigenvalue weighted by molar-refractivity contribution is -0.118. The number of carbonyl (C=O) groups excluding carboxylic acids is 2. The van der Waals surface area contributed by atoms with Gasteiger partial charge in [-0.1, -0.05) is 37.0 Å². The van der Waals surface area contributed by atoms with Crippen molar-refractivity contribution < 1.29 is 9.59 Å². The van der Waals surface area contributed by atoms with Crippen LogP contribution in [0.4, 0.5) is 10.5 Å². The number of nitrogens with two attached hydrogens (primary N) is 1. The molecule has 1 aromatic rings. The number of hydrogen-bond acceptors (Lipinski definition) is 2. The Hall–Kier alpha value is -1.46. The molecule has 5 nitrogen and oxygen atoms in total. The maximum Gasteiger partial charge on any atom is 0.312 e. The van der Waals surface area contributed by atoms with Crippen LogP contribution < -0.4 is 16.4 Å². The fraction of sp³-hybridized carbons (Fsp3) is 0.385. The molecule has 0 radical (unpaired) electrons. The smallest absolute Gasteiger partial charge is 0.312 e. The van der Waals surface area contributed by atoms with Crippen molar-refractivity contribution >= 4 is 40.8 Å². The normalized spacial score (nSPS) is 12.1. The van der Waals surface area contributed by atoms with Crippen LogP contribution in [-0.2, 0) is 4.79 Å². The molecule has 4 N–H and O–H groups in total. The molecule has 20 heavy (non-hydrogen) atoms. The van der Waals surface area contributed by atoms with Gasteiger partial charge >= 0.3 is 6.03 Å². The molecule has 0 bridgehead atoms. The molecule has 0 unspecified atom stereocenters. The molecule has 1 aromatic carbocycles. The number of nitrogens with one attached hydrogen (secondary N) is 2. The van der Waals surface area contributed by atoms with Gasteiger partial charge in [-0.2, -0.15) is 0 Å². The highest BCUT2D eigenvalue weighted by molar-refractivity contribution is 6.42. The maximum atomic E-state index is 12.1. The van der Waals surface area contributed by atoms with Crippen molar-refractivity contribution in [1.82, 2.24) is 5.32 Å². The van der Waals surface area contributed by atoms with Gasteiger partial charge in [-0.15, -0.1) is 0 Å². The second kappa shape index (κ2) is 7.36. The Kier molecular flexibility index (Phi) is 6.10. The second-order valence-electron chi connectivity index (χ2n) is 4.81. The van der Waals surface area contributed by atoms with E-state index in [1.807, 2.05) is 13.8 Å². The van der Waals surface area contributed by atoms with E-state index in [0.29, 0.717) is 22.2 Å². The van der Waals surface area contributed by atoms with E-state index in [9.17, 15) is 9.59 Å². The zero-order valence-electron chi connectivity index (χ0n) is 11.2. The average Bonchev–Trinajstić information content (AvgIpc) is 2.32. The lowest BCUT2D eigenvalue weighted by atomic mass is 10.0. The second-order valence-corrected chi connectivity index (χ2v) is 5.62. The molecule has 0 heterocycles. The highest BCUT2D eigenvalue weighted by Gasteiger charge is 2.21. The number of rotatable bonds is 5. The number of primary amides is 1. The van der Waals surface area contributed by atoms with Crippen LogP contribution in [0, 0.1) is 5.92 Å². The van der Waals surface area contributed by atoms with E-state index < -0.39 is 12.1 Å². The van der Waals surface area contributed by atoms with Crippen molar-refractivity contribution in [2.24, 2.45) is 11.7 Å². The van der Waals surface area contributed by atoms with Crippen LogP contribution in [0.3, 0.4) is 0 Å². The van der Waals surface area contributed by atoms with Crippen LogP contribution in [0.25, 0.3) is 0 Å². The Morgan fingerprint density at radius 2 is 1.90 bits per heavy atom. The summed E-state index contributed by atoms with van der Waals surface area (Å²) in [5.41, 5.74) is 5.58. The number of carbonyl (C=O) groups is 2. The highest BCUT2D eigenvalue weighted by Crippen LogP contribution is 2.25. The van der Waals surface area contributed by atoms with E-state index >= 15 is 0 Å². The van der Waals surface area contributed by atoms with Gasteiger partial charge < -0.3 is 16.4 Å². The van der Waals surface area contributed by atoms with Gasteiger partial charge in [0.15, 0.2) is 0 Å². The van der Waals surface area contributed by atoms with Crippen LogP contribution in [0.2, 0.25) is 10.0 Å². The van der Waals surface area contributed by atoms with Crippen molar-refractivity contribution in [3.63, 3.8) is 0 Å². The molecule has 110 valence electrons. The number of benzene rings is 1. The first-order chi connectivity index (χ1) is 9.29. The van der Waals surface area contributed by atoms with Gasteiger partial charge in [0.25, 0.3) is 0 Å². The van der Waals surface area contributed by atoms with Gasteiger partial charge in [-0.3, -0.25) is 4.79 Å². The van der Waals surface area contributed by atoms with Gasteiger partial charge in [0.2, 0.25) is 5.91 Å². The monoisotopic (exact) mass is 317 g/mol. The summed E-state index contributed by atoms with van der Waals surface area (Å²) in [6.45, 7) is 3.89. The van der Waals surface area contributed by atoms with Gasteiger partial charge in [0, 0.05) is 5.69 Å². The summed E-state index contributed by atoms with van der Waals surface area (Å²) in [5.74, 6) is -0.123. The first-order valence-electron chi connectivity index (χ1n) is 6.11. The number of anilines is 1. The molecule has 0 aliphatic rings. The van der Waals surface area contributed by atoms with Gasteiger partial charge in [-0.05, 0) is 30.5 Å². The molecule has 0 aliphatic carbocycles. The van der Waals surface area contributed by atoms with Gasteiger partial charge in [0.1, 0.15) is 6.04 Å². The number of halogens is 2. The molecule has 0 spiro atoms. The quantitative estimate of drug-likeness (QED) is 0.779. The zero-order chi connectivity index (χ0) is 15.3. The predicted octanol–water partition coefficient (Wildman–Crippen LogP) is 3.01. The minimum atomic E-state index is -0.736. The third kappa shape index (κ3) is 5.27. The van der Waals surface area contributed by atoms with E-state index in [1.54, 1.807) is 18.2 Å². The fourth-order valence-corrected chi connectivity index (χ4v) is 1.98. The lowest BCUT2D eigenvalue weighted by Crippen LogP contribution is -2.46. The summed E-state index contributed by atoms with van der Waals surface area (Å²) in [6.07, 6.45) is 0.482. The molecule has 7 heteroatoms. The Labute approximate surface area is 127 Å². The van der Waals surface area contributed by atoms with Crippen LogP contribution in [0.15, 0.2) is 18.2 Å². The number of amides is 3. The topological polar surface area (TPSA) is 84.2 Å². The molecular weight excluding hydrogens is 301 g/mol.